The minimum atomic E-state index is -3.64. The maximum absolute atomic E-state index is 12.9. The number of para-hydroxylation sites is 1. The molecule has 1 amide bonds. The molecule has 0 aliphatic heterocycles. The van der Waals surface area contributed by atoms with Crippen LogP contribution in [-0.4, -0.2) is 25.0 Å². The Hall–Kier alpha value is -2.14. The van der Waals surface area contributed by atoms with E-state index in [0.29, 0.717) is 11.3 Å². The second-order valence-corrected chi connectivity index (χ2v) is 6.47. The van der Waals surface area contributed by atoms with Gasteiger partial charge in [0.2, 0.25) is 0 Å². The highest BCUT2D eigenvalue weighted by atomic mass is 31.2. The second-order valence-electron chi connectivity index (χ2n) is 4.76. The lowest BCUT2D eigenvalue weighted by atomic mass is 10.2. The number of hydrogen-bond acceptors (Lipinski definition) is 4. The lowest BCUT2D eigenvalue weighted by molar-refractivity contribution is 0.0975. The summed E-state index contributed by atoms with van der Waals surface area (Å²) in [6, 6.07) is 17.2. The molecule has 0 bridgehead atoms. The lowest BCUT2D eigenvalue weighted by Gasteiger charge is -2.24. The average Bonchev–Trinajstić information content (AvgIpc) is 2.47. The van der Waals surface area contributed by atoms with Gasteiger partial charge < -0.3 is 4.52 Å². The Morgan fingerprint density at radius 2 is 1.55 bits per heavy atom. The van der Waals surface area contributed by atoms with E-state index in [-0.39, 0.29) is 0 Å². The van der Waals surface area contributed by atoms with Gasteiger partial charge >= 0.3 is 7.67 Å². The molecule has 22 heavy (non-hydrogen) atoms. The standard InChI is InChI=1S/C15H18N3O3P/c1-18(2)17-22(20,21-14-11-7-4-8-12-14)16-15(19)13-9-5-3-6-10-13/h3-12H,1-2H3,(H2,16,17,19,20). The molecule has 0 aromatic heterocycles. The molecule has 1 unspecified atom stereocenters. The summed E-state index contributed by atoms with van der Waals surface area (Å²) < 4.78 is 18.3. The van der Waals surface area contributed by atoms with Gasteiger partial charge in [-0.05, 0) is 24.3 Å². The van der Waals surface area contributed by atoms with Crippen LogP contribution in [0, 0.1) is 0 Å². The van der Waals surface area contributed by atoms with Gasteiger partial charge in [-0.1, -0.05) is 36.4 Å². The van der Waals surface area contributed by atoms with Crippen LogP contribution < -0.4 is 14.8 Å². The van der Waals surface area contributed by atoms with Crippen LogP contribution in [0.1, 0.15) is 10.4 Å². The van der Waals surface area contributed by atoms with Crippen LogP contribution in [0.4, 0.5) is 0 Å². The lowest BCUT2D eigenvalue weighted by Crippen LogP contribution is -2.37. The molecule has 2 aromatic rings. The van der Waals surface area contributed by atoms with E-state index in [1.165, 1.54) is 5.01 Å². The van der Waals surface area contributed by atoms with Gasteiger partial charge in [-0.25, -0.2) is 9.57 Å². The number of benzene rings is 2. The number of carbonyl (C=O) groups is 1. The van der Waals surface area contributed by atoms with Gasteiger partial charge in [0.25, 0.3) is 5.91 Å². The summed E-state index contributed by atoms with van der Waals surface area (Å²) in [5.41, 5.74) is 0.403. The first-order valence-electron chi connectivity index (χ1n) is 6.66. The highest BCUT2D eigenvalue weighted by Crippen LogP contribution is 2.39. The van der Waals surface area contributed by atoms with E-state index in [1.807, 2.05) is 6.07 Å². The Morgan fingerprint density at radius 1 is 1.00 bits per heavy atom. The van der Waals surface area contributed by atoms with Gasteiger partial charge in [0.15, 0.2) is 0 Å². The number of amides is 1. The number of nitrogens with one attached hydrogen (secondary N) is 2. The fourth-order valence-corrected chi connectivity index (χ4v) is 3.23. The molecule has 0 spiro atoms. The molecule has 2 aromatic carbocycles. The quantitative estimate of drug-likeness (QED) is 0.633. The molecule has 2 rings (SSSR count). The van der Waals surface area contributed by atoms with Crippen LogP contribution in [0.2, 0.25) is 0 Å². The molecular weight excluding hydrogens is 301 g/mol. The van der Waals surface area contributed by atoms with Crippen molar-refractivity contribution in [3.05, 3.63) is 66.2 Å². The number of nitrogens with zero attached hydrogens (tertiary/aromatic N) is 1. The Kier molecular flexibility index (Phi) is 5.33. The molecule has 7 heteroatoms. The van der Waals surface area contributed by atoms with Gasteiger partial charge in [0.1, 0.15) is 5.75 Å². The summed E-state index contributed by atoms with van der Waals surface area (Å²) in [6.07, 6.45) is 0. The fraction of sp³-hybridized carbons (Fsp3) is 0.133. The maximum Gasteiger partial charge on any atom is 0.433 e. The number of hydrogen-bond donors (Lipinski definition) is 2. The molecular formula is C15H18N3O3P. The Labute approximate surface area is 129 Å². The summed E-state index contributed by atoms with van der Waals surface area (Å²) in [5.74, 6) is -0.0808. The third kappa shape index (κ3) is 4.70. The van der Waals surface area contributed by atoms with Crippen molar-refractivity contribution in [2.45, 2.75) is 0 Å². The molecule has 0 heterocycles. The first-order valence-corrected chi connectivity index (χ1v) is 8.28. The van der Waals surface area contributed by atoms with Crippen molar-refractivity contribution >= 4 is 13.6 Å². The third-order valence-corrected chi connectivity index (χ3v) is 4.22. The van der Waals surface area contributed by atoms with Crippen LogP contribution in [-0.2, 0) is 4.57 Å². The van der Waals surface area contributed by atoms with Gasteiger partial charge in [-0.15, -0.1) is 0 Å². The zero-order valence-electron chi connectivity index (χ0n) is 12.4. The van der Waals surface area contributed by atoms with Crippen molar-refractivity contribution in [2.75, 3.05) is 14.1 Å². The van der Waals surface area contributed by atoms with Gasteiger partial charge in [-0.2, -0.15) is 5.20 Å². The van der Waals surface area contributed by atoms with Crippen molar-refractivity contribution in [3.8, 4) is 5.75 Å². The number of hydrazine groups is 1. The van der Waals surface area contributed by atoms with Gasteiger partial charge in [0, 0.05) is 19.7 Å². The van der Waals surface area contributed by atoms with Crippen LogP contribution in [0.15, 0.2) is 60.7 Å². The van der Waals surface area contributed by atoms with Crippen molar-refractivity contribution in [1.29, 1.82) is 0 Å². The topological polar surface area (TPSA) is 70.7 Å². The molecule has 0 aliphatic carbocycles. The second kappa shape index (κ2) is 7.22. The first kappa shape index (κ1) is 16.2. The minimum absolute atomic E-state index is 0.397. The van der Waals surface area contributed by atoms with E-state index in [4.69, 9.17) is 4.52 Å². The van der Waals surface area contributed by atoms with E-state index in [9.17, 15) is 9.36 Å². The minimum Gasteiger partial charge on any atom is -0.417 e. The fourth-order valence-electron chi connectivity index (χ4n) is 1.75. The van der Waals surface area contributed by atoms with Crippen LogP contribution in [0.3, 0.4) is 0 Å². The predicted molar refractivity (Wildman–Crippen MR) is 85.4 cm³/mol. The molecule has 1 atom stereocenters. The van der Waals surface area contributed by atoms with E-state index in [2.05, 4.69) is 10.3 Å². The molecule has 0 radical (unpaired) electrons. The summed E-state index contributed by atoms with van der Waals surface area (Å²) >= 11 is 0. The van der Waals surface area contributed by atoms with Crippen molar-refractivity contribution < 1.29 is 13.9 Å². The highest BCUT2D eigenvalue weighted by Gasteiger charge is 2.28. The highest BCUT2D eigenvalue weighted by molar-refractivity contribution is 7.55. The number of carbonyl (C=O) groups excluding carboxylic acids is 1. The molecule has 0 saturated heterocycles. The zero-order valence-corrected chi connectivity index (χ0v) is 13.3. The summed E-state index contributed by atoms with van der Waals surface area (Å²) in [7, 11) is -0.318. The smallest absolute Gasteiger partial charge is 0.417 e. The van der Waals surface area contributed by atoms with Crippen molar-refractivity contribution in [1.82, 2.24) is 15.3 Å². The zero-order chi connectivity index (χ0) is 16.0. The molecule has 116 valence electrons. The summed E-state index contributed by atoms with van der Waals surface area (Å²) in [5, 5.41) is 6.54. The van der Waals surface area contributed by atoms with E-state index < -0.39 is 13.6 Å². The van der Waals surface area contributed by atoms with Crippen molar-refractivity contribution in [2.24, 2.45) is 0 Å². The maximum atomic E-state index is 12.9. The van der Waals surface area contributed by atoms with E-state index in [0.717, 1.165) is 0 Å². The van der Waals surface area contributed by atoms with Crippen LogP contribution in [0.25, 0.3) is 0 Å². The molecule has 0 saturated carbocycles. The largest absolute Gasteiger partial charge is 0.433 e. The SMILES string of the molecule is CN(C)NP(=O)(NC(=O)c1ccccc1)Oc1ccccc1. The monoisotopic (exact) mass is 319 g/mol. The third-order valence-electron chi connectivity index (χ3n) is 2.59. The average molecular weight is 319 g/mol. The molecule has 0 fully saturated rings. The van der Waals surface area contributed by atoms with E-state index >= 15 is 0 Å². The number of rotatable bonds is 6. The molecule has 6 nitrogen and oxygen atoms in total. The normalized spacial score (nSPS) is 13.4. The summed E-state index contributed by atoms with van der Waals surface area (Å²) in [4.78, 5) is 12.2. The van der Waals surface area contributed by atoms with Gasteiger partial charge in [0.05, 0.1) is 0 Å². The Morgan fingerprint density at radius 3 is 2.09 bits per heavy atom. The predicted octanol–water partition coefficient (Wildman–Crippen LogP) is 2.67. The summed E-state index contributed by atoms with van der Waals surface area (Å²) in [6.45, 7) is 0. The van der Waals surface area contributed by atoms with Crippen molar-refractivity contribution in [3.63, 3.8) is 0 Å². The van der Waals surface area contributed by atoms with Crippen LogP contribution in [0.5, 0.6) is 5.75 Å². The Balaban J connectivity index is 2.18. The molecule has 0 aliphatic rings. The molecule has 2 N–H and O–H groups in total. The first-order chi connectivity index (χ1) is 10.5. The van der Waals surface area contributed by atoms with E-state index in [1.54, 1.807) is 68.7 Å². The Bertz CT molecular complexity index is 662. The van der Waals surface area contributed by atoms with Crippen LogP contribution >= 0.6 is 7.67 Å². The van der Waals surface area contributed by atoms with Gasteiger partial charge in [-0.3, -0.25) is 9.88 Å².